The van der Waals surface area contributed by atoms with E-state index >= 15 is 0 Å². The second-order valence-corrected chi connectivity index (χ2v) is 5.38. The third-order valence-corrected chi connectivity index (χ3v) is 4.27. The molecular weight excluding hydrogens is 222 g/mol. The van der Waals surface area contributed by atoms with Crippen LogP contribution in [0.5, 0.6) is 0 Å². The van der Waals surface area contributed by atoms with E-state index in [4.69, 9.17) is 11.6 Å². The standard InChI is InChI=1S/C13H24ClNO/c1-3-10(4-2)12(14)9-15-13(16)11-7-5-6-8-11/h10-12H,3-9H2,1-2H3,(H,15,16). The number of rotatable bonds is 6. The van der Waals surface area contributed by atoms with Gasteiger partial charge in [0.1, 0.15) is 0 Å². The van der Waals surface area contributed by atoms with Gasteiger partial charge in [-0.25, -0.2) is 0 Å². The Morgan fingerprint density at radius 3 is 2.38 bits per heavy atom. The van der Waals surface area contributed by atoms with Gasteiger partial charge < -0.3 is 5.32 Å². The van der Waals surface area contributed by atoms with Crippen LogP contribution < -0.4 is 5.32 Å². The fourth-order valence-electron chi connectivity index (χ4n) is 2.50. The lowest BCUT2D eigenvalue weighted by Crippen LogP contribution is -2.36. The van der Waals surface area contributed by atoms with Gasteiger partial charge in [-0.2, -0.15) is 0 Å². The molecule has 1 amide bonds. The normalized spacial score (nSPS) is 19.0. The maximum Gasteiger partial charge on any atom is 0.223 e. The lowest BCUT2D eigenvalue weighted by Gasteiger charge is -2.20. The summed E-state index contributed by atoms with van der Waals surface area (Å²) in [6, 6.07) is 0. The average molecular weight is 246 g/mol. The molecule has 94 valence electrons. The Bertz CT molecular complexity index is 210. The van der Waals surface area contributed by atoms with Crippen LogP contribution in [0.1, 0.15) is 52.4 Å². The third-order valence-electron chi connectivity index (χ3n) is 3.76. The van der Waals surface area contributed by atoms with Gasteiger partial charge in [-0.1, -0.05) is 39.5 Å². The summed E-state index contributed by atoms with van der Waals surface area (Å²) in [5, 5.41) is 3.09. The molecule has 0 aliphatic heterocycles. The molecule has 1 saturated carbocycles. The minimum absolute atomic E-state index is 0.0837. The molecular formula is C13H24ClNO. The van der Waals surface area contributed by atoms with E-state index in [1.54, 1.807) is 0 Å². The Kier molecular flexibility index (Phi) is 6.18. The van der Waals surface area contributed by atoms with Crippen molar-refractivity contribution in [1.29, 1.82) is 0 Å². The summed E-state index contributed by atoms with van der Waals surface area (Å²) >= 11 is 6.28. The molecule has 0 saturated heterocycles. The van der Waals surface area contributed by atoms with Crippen LogP contribution in [-0.2, 0) is 4.79 Å². The Morgan fingerprint density at radius 2 is 1.88 bits per heavy atom. The van der Waals surface area contributed by atoms with Crippen molar-refractivity contribution in [1.82, 2.24) is 5.32 Å². The molecule has 16 heavy (non-hydrogen) atoms. The molecule has 3 heteroatoms. The molecule has 1 N–H and O–H groups in total. The molecule has 0 bridgehead atoms. The molecule has 0 heterocycles. The number of hydrogen-bond donors (Lipinski definition) is 1. The summed E-state index contributed by atoms with van der Waals surface area (Å²) in [6.07, 6.45) is 6.70. The van der Waals surface area contributed by atoms with E-state index in [-0.39, 0.29) is 17.2 Å². The zero-order valence-corrected chi connectivity index (χ0v) is 11.2. The summed E-state index contributed by atoms with van der Waals surface area (Å²) in [6.45, 7) is 4.94. The monoisotopic (exact) mass is 245 g/mol. The van der Waals surface area contributed by atoms with Crippen LogP contribution in [0.3, 0.4) is 0 Å². The number of carbonyl (C=O) groups excluding carboxylic acids is 1. The second kappa shape index (κ2) is 7.16. The highest BCUT2D eigenvalue weighted by Gasteiger charge is 2.23. The summed E-state index contributed by atoms with van der Waals surface area (Å²) < 4.78 is 0. The van der Waals surface area contributed by atoms with E-state index < -0.39 is 0 Å². The highest BCUT2D eigenvalue weighted by Crippen LogP contribution is 2.25. The van der Waals surface area contributed by atoms with Gasteiger partial charge in [0.05, 0.1) is 5.38 Å². The van der Waals surface area contributed by atoms with Crippen molar-refractivity contribution in [2.24, 2.45) is 11.8 Å². The predicted octanol–water partition coefficient (Wildman–Crippen LogP) is 3.34. The van der Waals surface area contributed by atoms with Crippen molar-refractivity contribution in [3.63, 3.8) is 0 Å². The van der Waals surface area contributed by atoms with Crippen molar-refractivity contribution in [2.75, 3.05) is 6.54 Å². The van der Waals surface area contributed by atoms with E-state index in [1.807, 2.05) is 0 Å². The second-order valence-electron chi connectivity index (χ2n) is 4.82. The fraction of sp³-hybridized carbons (Fsp3) is 0.923. The summed E-state index contributed by atoms with van der Waals surface area (Å²) in [4.78, 5) is 11.8. The quantitative estimate of drug-likeness (QED) is 0.715. The Labute approximate surface area is 104 Å². The van der Waals surface area contributed by atoms with Crippen LogP contribution in [-0.4, -0.2) is 17.8 Å². The Balaban J connectivity index is 2.24. The highest BCUT2D eigenvalue weighted by molar-refractivity contribution is 6.21. The zero-order valence-electron chi connectivity index (χ0n) is 10.5. The fourth-order valence-corrected chi connectivity index (χ4v) is 2.93. The highest BCUT2D eigenvalue weighted by atomic mass is 35.5. The molecule has 1 aliphatic carbocycles. The first kappa shape index (κ1) is 13.8. The van der Waals surface area contributed by atoms with E-state index in [1.165, 1.54) is 12.8 Å². The van der Waals surface area contributed by atoms with Gasteiger partial charge in [0.2, 0.25) is 5.91 Å². The minimum Gasteiger partial charge on any atom is -0.354 e. The molecule has 1 rings (SSSR count). The van der Waals surface area contributed by atoms with E-state index in [9.17, 15) is 4.79 Å². The molecule has 1 aliphatic rings. The zero-order chi connectivity index (χ0) is 12.0. The van der Waals surface area contributed by atoms with E-state index in [2.05, 4.69) is 19.2 Å². The van der Waals surface area contributed by atoms with Crippen LogP contribution in [0.2, 0.25) is 0 Å². The molecule has 2 nitrogen and oxygen atoms in total. The number of hydrogen-bond acceptors (Lipinski definition) is 1. The molecule has 1 unspecified atom stereocenters. The van der Waals surface area contributed by atoms with Crippen LogP contribution in [0, 0.1) is 11.8 Å². The van der Waals surface area contributed by atoms with Gasteiger partial charge in [0.15, 0.2) is 0 Å². The maximum absolute atomic E-state index is 11.8. The smallest absolute Gasteiger partial charge is 0.223 e. The molecule has 1 atom stereocenters. The van der Waals surface area contributed by atoms with Crippen molar-refractivity contribution in [3.05, 3.63) is 0 Å². The summed E-state index contributed by atoms with van der Waals surface area (Å²) in [5.74, 6) is 0.991. The van der Waals surface area contributed by atoms with Crippen LogP contribution in [0.4, 0.5) is 0 Å². The summed E-state index contributed by atoms with van der Waals surface area (Å²) in [5.41, 5.74) is 0. The first-order chi connectivity index (χ1) is 7.69. The average Bonchev–Trinajstić information content (AvgIpc) is 2.81. The molecule has 0 aromatic heterocycles. The van der Waals surface area contributed by atoms with Crippen molar-refractivity contribution < 1.29 is 4.79 Å². The number of alkyl halides is 1. The first-order valence-electron chi connectivity index (χ1n) is 6.60. The van der Waals surface area contributed by atoms with Gasteiger partial charge in [-0.3, -0.25) is 4.79 Å². The van der Waals surface area contributed by atoms with Crippen LogP contribution >= 0.6 is 11.6 Å². The maximum atomic E-state index is 11.8. The number of carbonyl (C=O) groups is 1. The van der Waals surface area contributed by atoms with Gasteiger partial charge in [0, 0.05) is 12.5 Å². The van der Waals surface area contributed by atoms with Crippen LogP contribution in [0.15, 0.2) is 0 Å². The lowest BCUT2D eigenvalue weighted by atomic mass is 9.99. The molecule has 0 aromatic carbocycles. The third kappa shape index (κ3) is 3.97. The SMILES string of the molecule is CCC(CC)C(Cl)CNC(=O)C1CCCC1. The molecule has 0 aromatic rings. The van der Waals surface area contributed by atoms with E-state index in [0.29, 0.717) is 12.5 Å². The van der Waals surface area contributed by atoms with Gasteiger partial charge in [0.25, 0.3) is 0 Å². The van der Waals surface area contributed by atoms with Gasteiger partial charge in [-0.15, -0.1) is 11.6 Å². The van der Waals surface area contributed by atoms with Crippen molar-refractivity contribution >= 4 is 17.5 Å². The Hall–Kier alpha value is -0.240. The number of halogens is 1. The van der Waals surface area contributed by atoms with Crippen LogP contribution in [0.25, 0.3) is 0 Å². The topological polar surface area (TPSA) is 29.1 Å². The molecule has 0 radical (unpaired) electrons. The predicted molar refractivity (Wildman–Crippen MR) is 68.7 cm³/mol. The van der Waals surface area contributed by atoms with E-state index in [0.717, 1.165) is 25.7 Å². The van der Waals surface area contributed by atoms with Crippen molar-refractivity contribution in [2.45, 2.75) is 57.7 Å². The molecule has 0 spiro atoms. The number of nitrogens with one attached hydrogen (secondary N) is 1. The Morgan fingerprint density at radius 1 is 1.31 bits per heavy atom. The first-order valence-corrected chi connectivity index (χ1v) is 7.04. The largest absolute Gasteiger partial charge is 0.354 e. The lowest BCUT2D eigenvalue weighted by molar-refractivity contribution is -0.124. The minimum atomic E-state index is 0.0837. The number of amides is 1. The van der Waals surface area contributed by atoms with Gasteiger partial charge >= 0.3 is 0 Å². The van der Waals surface area contributed by atoms with Crippen molar-refractivity contribution in [3.8, 4) is 0 Å². The molecule has 1 fully saturated rings. The summed E-state index contributed by atoms with van der Waals surface area (Å²) in [7, 11) is 0. The van der Waals surface area contributed by atoms with Gasteiger partial charge in [-0.05, 0) is 18.8 Å².